The molecule has 112 valence electrons. The van der Waals surface area contributed by atoms with Gasteiger partial charge in [0, 0.05) is 13.5 Å². The Morgan fingerprint density at radius 1 is 1.37 bits per heavy atom. The van der Waals surface area contributed by atoms with Gasteiger partial charge in [-0.05, 0) is 20.8 Å². The summed E-state index contributed by atoms with van der Waals surface area (Å²) in [5.74, 6) is 0. The Morgan fingerprint density at radius 3 is 2.63 bits per heavy atom. The van der Waals surface area contributed by atoms with E-state index in [2.05, 4.69) is 0 Å². The lowest BCUT2D eigenvalue weighted by molar-refractivity contribution is 0.00493. The van der Waals surface area contributed by atoms with Crippen LogP contribution < -0.4 is 0 Å². The largest absolute Gasteiger partial charge is 0.444 e. The summed E-state index contributed by atoms with van der Waals surface area (Å²) in [6, 6.07) is -0.262. The van der Waals surface area contributed by atoms with Gasteiger partial charge in [0.1, 0.15) is 11.8 Å². The standard InChI is InChI=1S/C13H24FNO4/c1-13(2,3)19-12(16)15-8-10(14)7-11(15)9-18-6-5-17-4/h10-11H,5-9H2,1-4H3/t10-,11-/m0/s1. The SMILES string of the molecule is COCCOC[C@@H]1C[C@H](F)CN1C(=O)OC(C)(C)C. The third-order valence-corrected chi connectivity index (χ3v) is 2.73. The smallest absolute Gasteiger partial charge is 0.410 e. The number of carbonyl (C=O) groups is 1. The maximum absolute atomic E-state index is 13.5. The molecule has 0 aromatic carbocycles. The number of likely N-dealkylation sites (tertiary alicyclic amines) is 1. The Morgan fingerprint density at radius 2 is 2.05 bits per heavy atom. The van der Waals surface area contributed by atoms with E-state index in [1.165, 1.54) is 4.90 Å². The number of nitrogens with zero attached hydrogens (tertiary/aromatic N) is 1. The molecule has 19 heavy (non-hydrogen) atoms. The topological polar surface area (TPSA) is 48.0 Å². The third-order valence-electron chi connectivity index (χ3n) is 2.73. The predicted octanol–water partition coefficient (Wildman–Crippen LogP) is 2.00. The van der Waals surface area contributed by atoms with Crippen LogP contribution in [-0.4, -0.2) is 62.3 Å². The van der Waals surface area contributed by atoms with Crippen LogP contribution >= 0.6 is 0 Å². The van der Waals surface area contributed by atoms with Crippen LogP contribution in [0.1, 0.15) is 27.2 Å². The van der Waals surface area contributed by atoms with E-state index in [-0.39, 0.29) is 12.6 Å². The quantitative estimate of drug-likeness (QED) is 0.721. The molecule has 5 nitrogen and oxygen atoms in total. The Kier molecular flexibility index (Phi) is 6.00. The van der Waals surface area contributed by atoms with Crippen molar-refractivity contribution in [2.45, 2.75) is 45.0 Å². The molecule has 1 fully saturated rings. The third kappa shape index (κ3) is 5.74. The molecule has 2 atom stereocenters. The zero-order valence-electron chi connectivity index (χ0n) is 12.1. The second-order valence-corrected chi connectivity index (χ2v) is 5.69. The first-order chi connectivity index (χ1) is 8.83. The number of hydrogen-bond acceptors (Lipinski definition) is 4. The Bertz CT molecular complexity index is 293. The van der Waals surface area contributed by atoms with Gasteiger partial charge in [0.15, 0.2) is 0 Å². The van der Waals surface area contributed by atoms with Crippen LogP contribution in [0.3, 0.4) is 0 Å². The summed E-state index contributed by atoms with van der Waals surface area (Å²) in [5, 5.41) is 0. The molecule has 1 saturated heterocycles. The predicted molar refractivity (Wildman–Crippen MR) is 68.9 cm³/mol. The zero-order chi connectivity index (χ0) is 14.5. The van der Waals surface area contributed by atoms with Crippen molar-refractivity contribution in [2.75, 3.05) is 33.5 Å². The van der Waals surface area contributed by atoms with Crippen LogP contribution in [0.5, 0.6) is 0 Å². The zero-order valence-corrected chi connectivity index (χ0v) is 12.1. The summed E-state index contributed by atoms with van der Waals surface area (Å²) in [4.78, 5) is 13.4. The van der Waals surface area contributed by atoms with E-state index >= 15 is 0 Å². The fourth-order valence-corrected chi connectivity index (χ4v) is 1.92. The molecule has 1 aliphatic heterocycles. The second-order valence-electron chi connectivity index (χ2n) is 5.69. The molecule has 0 aromatic rings. The van der Waals surface area contributed by atoms with Crippen LogP contribution in [0.25, 0.3) is 0 Å². The summed E-state index contributed by atoms with van der Waals surface area (Å²) >= 11 is 0. The minimum Gasteiger partial charge on any atom is -0.444 e. The average molecular weight is 277 g/mol. The van der Waals surface area contributed by atoms with E-state index in [4.69, 9.17) is 14.2 Å². The Hall–Kier alpha value is -0.880. The molecule has 1 heterocycles. The molecule has 0 aromatic heterocycles. The van der Waals surface area contributed by atoms with Crippen molar-refractivity contribution in [1.82, 2.24) is 4.90 Å². The highest BCUT2D eigenvalue weighted by Gasteiger charge is 2.37. The van der Waals surface area contributed by atoms with Crippen LogP contribution in [-0.2, 0) is 14.2 Å². The van der Waals surface area contributed by atoms with Crippen molar-refractivity contribution in [2.24, 2.45) is 0 Å². The molecular formula is C13H24FNO4. The molecule has 0 radical (unpaired) electrons. The molecule has 1 rings (SSSR count). The fraction of sp³-hybridized carbons (Fsp3) is 0.923. The van der Waals surface area contributed by atoms with Gasteiger partial charge in [0.25, 0.3) is 0 Å². The van der Waals surface area contributed by atoms with E-state index in [1.807, 2.05) is 0 Å². The number of amides is 1. The molecule has 0 aliphatic carbocycles. The average Bonchev–Trinajstić information content (AvgIpc) is 2.64. The van der Waals surface area contributed by atoms with E-state index in [0.29, 0.717) is 26.2 Å². The van der Waals surface area contributed by atoms with Gasteiger partial charge in [0.05, 0.1) is 32.4 Å². The van der Waals surface area contributed by atoms with Crippen LogP contribution in [0.4, 0.5) is 9.18 Å². The molecular weight excluding hydrogens is 253 g/mol. The Balaban J connectivity index is 2.47. The van der Waals surface area contributed by atoms with Crippen molar-refractivity contribution in [1.29, 1.82) is 0 Å². The molecule has 1 aliphatic rings. The highest BCUT2D eigenvalue weighted by atomic mass is 19.1. The minimum atomic E-state index is -1.01. The van der Waals surface area contributed by atoms with Crippen LogP contribution in [0, 0.1) is 0 Å². The summed E-state index contributed by atoms with van der Waals surface area (Å²) in [6.07, 6.45) is -1.19. The van der Waals surface area contributed by atoms with E-state index in [0.717, 1.165) is 0 Å². The number of methoxy groups -OCH3 is 1. The van der Waals surface area contributed by atoms with Gasteiger partial charge in [-0.1, -0.05) is 0 Å². The van der Waals surface area contributed by atoms with Crippen molar-refractivity contribution >= 4 is 6.09 Å². The molecule has 0 bridgehead atoms. The van der Waals surface area contributed by atoms with E-state index in [1.54, 1.807) is 27.9 Å². The molecule has 0 saturated carbocycles. The maximum atomic E-state index is 13.5. The summed E-state index contributed by atoms with van der Waals surface area (Å²) in [7, 11) is 1.59. The molecule has 6 heteroatoms. The van der Waals surface area contributed by atoms with Gasteiger partial charge in [0.2, 0.25) is 0 Å². The summed E-state index contributed by atoms with van der Waals surface area (Å²) in [5.41, 5.74) is -0.576. The van der Waals surface area contributed by atoms with Crippen LogP contribution in [0.2, 0.25) is 0 Å². The van der Waals surface area contributed by atoms with Crippen molar-refractivity contribution in [3.8, 4) is 0 Å². The highest BCUT2D eigenvalue weighted by molar-refractivity contribution is 5.69. The van der Waals surface area contributed by atoms with E-state index < -0.39 is 17.9 Å². The van der Waals surface area contributed by atoms with E-state index in [9.17, 15) is 9.18 Å². The number of carbonyl (C=O) groups excluding carboxylic acids is 1. The van der Waals surface area contributed by atoms with Crippen molar-refractivity contribution < 1.29 is 23.4 Å². The van der Waals surface area contributed by atoms with Gasteiger partial charge in [-0.15, -0.1) is 0 Å². The first-order valence-corrected chi connectivity index (χ1v) is 6.54. The lowest BCUT2D eigenvalue weighted by Crippen LogP contribution is -2.42. The molecule has 0 N–H and O–H groups in total. The second kappa shape index (κ2) is 7.05. The fourth-order valence-electron chi connectivity index (χ4n) is 1.92. The number of alkyl halides is 1. The highest BCUT2D eigenvalue weighted by Crippen LogP contribution is 2.23. The lowest BCUT2D eigenvalue weighted by Gasteiger charge is -2.28. The monoisotopic (exact) mass is 277 g/mol. The molecule has 0 unspecified atom stereocenters. The lowest BCUT2D eigenvalue weighted by atomic mass is 10.2. The first kappa shape index (κ1) is 16.2. The summed E-state index contributed by atoms with van der Waals surface area (Å²) in [6.45, 7) is 6.68. The van der Waals surface area contributed by atoms with Crippen molar-refractivity contribution in [3.05, 3.63) is 0 Å². The van der Waals surface area contributed by atoms with Gasteiger partial charge < -0.3 is 14.2 Å². The van der Waals surface area contributed by atoms with Gasteiger partial charge >= 0.3 is 6.09 Å². The van der Waals surface area contributed by atoms with Crippen molar-refractivity contribution in [3.63, 3.8) is 0 Å². The Labute approximate surface area is 114 Å². The van der Waals surface area contributed by atoms with Gasteiger partial charge in [-0.2, -0.15) is 0 Å². The molecule has 1 amide bonds. The van der Waals surface area contributed by atoms with Crippen LogP contribution in [0.15, 0.2) is 0 Å². The molecule has 0 spiro atoms. The van der Waals surface area contributed by atoms with Gasteiger partial charge in [-0.3, -0.25) is 4.90 Å². The normalized spacial score (nSPS) is 23.7. The number of ether oxygens (including phenoxy) is 3. The first-order valence-electron chi connectivity index (χ1n) is 6.54. The van der Waals surface area contributed by atoms with Gasteiger partial charge in [-0.25, -0.2) is 9.18 Å². The maximum Gasteiger partial charge on any atom is 0.410 e. The number of halogens is 1. The minimum absolute atomic E-state index is 0.0766. The number of rotatable bonds is 5. The summed E-state index contributed by atoms with van der Waals surface area (Å²) < 4.78 is 29.0. The number of hydrogen-bond donors (Lipinski definition) is 0.